The SMILES string of the molecule is CCc1cc(C(C)C)c(OC(C)C)c(C(C)(C)C)c1.CCc1cc(C(C)C)c(OC(C)C)c(C(C)(C)CC)c1.CCc1cc(C(C)C)c(OC(C)C)c(C(C)C)c1.CCc1cc(C(C)C)c(OC(C)C)c(C(CC)(CC)CC)c1.CCc1cc(C)c(OC(C)C)c(C(C)C)c1.CCc1cc(CC)c(OC(C)C)c(C(C)C)c1.CCc1ccc(OC(C)C)c(C(C)C)c1. The minimum Gasteiger partial charge on any atom is -0.491 e. The lowest BCUT2D eigenvalue weighted by Crippen LogP contribution is -2.26. The van der Waals surface area contributed by atoms with Crippen molar-refractivity contribution in [2.75, 3.05) is 0 Å². The molecular weight excluding hydrogens is 1550 g/mol. The largest absolute Gasteiger partial charge is 0.491 e. The second-order valence-corrected chi connectivity index (χ2v) is 41.7. The van der Waals surface area contributed by atoms with Gasteiger partial charge in [-0.15, -0.1) is 0 Å². The molecule has 0 aromatic heterocycles. The summed E-state index contributed by atoms with van der Waals surface area (Å²) in [6.45, 7) is 106. The van der Waals surface area contributed by atoms with Crippen LogP contribution < -0.4 is 33.2 Å². The molecule has 0 N–H and O–H groups in total. The normalized spacial score (nSPS) is 11.8. The second kappa shape index (κ2) is 56.8. The molecule has 0 aliphatic heterocycles. The Morgan fingerprint density at radius 1 is 0.220 bits per heavy atom. The fourth-order valence-electron chi connectivity index (χ4n) is 15.9. The van der Waals surface area contributed by atoms with Crippen LogP contribution in [0.3, 0.4) is 0 Å². The molecule has 7 heteroatoms. The monoisotopic (exact) mass is 1750 g/mol. The number of rotatable bonds is 36. The van der Waals surface area contributed by atoms with Crippen molar-refractivity contribution in [2.24, 2.45) is 0 Å². The Morgan fingerprint density at radius 2 is 0.465 bits per heavy atom. The van der Waals surface area contributed by atoms with Gasteiger partial charge in [0.1, 0.15) is 40.2 Å². The predicted molar refractivity (Wildman–Crippen MR) is 562 cm³/mol. The summed E-state index contributed by atoms with van der Waals surface area (Å²) in [6.07, 6.45) is 14.8. The van der Waals surface area contributed by atoms with Crippen LogP contribution in [0.4, 0.5) is 0 Å². The van der Waals surface area contributed by atoms with Crippen molar-refractivity contribution in [3.63, 3.8) is 0 Å². The standard InChI is InChI=1S/C21H36O.C19H32O.C18H30O.C17H28O.C16H26O.C15H24O.C14H22O/c1-9-17-13-18(15(5)6)20(22-16(7)8)19(14-17)21(10-2,11-3)12-4;1-9-15-11-16(13(3)4)18(20-14(5)6)17(12-15)19(7,8)10-2;1-9-14-10-15(12(2)3)17(19-13(4)5)16(11-14)18(6,7)8;1-8-14-9-15(11(2)3)17(18-13(6)7)16(10-14)12(4)5;1-7-13-9-14(8-2)16(17-12(5)6)15(10-13)11(3)4;1-7-13-8-12(6)15(16-11(4)5)14(9-13)10(2)3;1-6-12-7-8-14(15-11(4)5)13(9-12)10(2)3/h13-16H,9-12H2,1-8H3;11-14H,9-10H2,1-8H3;10-13H,9H2,1-8H3;9-13H,8H2,1-7H3;9-12H,7-8H2,1-6H3;8-11H,7H2,1-6H3;7-11H,6H2,1-5H3. The molecule has 0 saturated heterocycles. The van der Waals surface area contributed by atoms with E-state index in [0.29, 0.717) is 47.3 Å². The van der Waals surface area contributed by atoms with E-state index in [9.17, 15) is 0 Å². The Labute approximate surface area is 786 Å². The zero-order chi connectivity index (χ0) is 97.8. The van der Waals surface area contributed by atoms with Crippen LogP contribution in [0.2, 0.25) is 0 Å². The van der Waals surface area contributed by atoms with E-state index in [1.807, 2.05) is 0 Å². The van der Waals surface area contributed by atoms with Gasteiger partial charge in [-0.05, 0) is 345 Å². The molecule has 0 heterocycles. The lowest BCUT2D eigenvalue weighted by Gasteiger charge is -2.35. The highest BCUT2D eigenvalue weighted by molar-refractivity contribution is 5.54. The number of hydrogen-bond acceptors (Lipinski definition) is 7. The smallest absolute Gasteiger partial charge is 0.126 e. The Kier molecular flexibility index (Phi) is 52.8. The van der Waals surface area contributed by atoms with Crippen LogP contribution in [0.1, 0.15) is 510 Å². The van der Waals surface area contributed by atoms with Gasteiger partial charge in [-0.3, -0.25) is 0 Å². The van der Waals surface area contributed by atoms with Crippen molar-refractivity contribution >= 4 is 0 Å². The average molecular weight is 1750 g/mol. The van der Waals surface area contributed by atoms with Crippen LogP contribution in [-0.4, -0.2) is 42.7 Å². The van der Waals surface area contributed by atoms with E-state index in [-0.39, 0.29) is 59.0 Å². The van der Waals surface area contributed by atoms with Crippen molar-refractivity contribution in [1.82, 2.24) is 0 Å². The minimum absolute atomic E-state index is 0.110. The first-order valence-electron chi connectivity index (χ1n) is 50.9. The van der Waals surface area contributed by atoms with E-state index in [4.69, 9.17) is 33.2 Å². The zero-order valence-corrected chi connectivity index (χ0v) is 91.7. The molecule has 0 aliphatic rings. The van der Waals surface area contributed by atoms with Crippen LogP contribution in [0, 0.1) is 6.92 Å². The average Bonchev–Trinajstić information content (AvgIpc) is 0.783. The zero-order valence-electron chi connectivity index (χ0n) is 91.7. The molecule has 0 saturated carbocycles. The fourth-order valence-corrected chi connectivity index (χ4v) is 15.9. The van der Waals surface area contributed by atoms with E-state index in [0.717, 1.165) is 98.0 Å². The number of benzene rings is 7. The van der Waals surface area contributed by atoms with Crippen molar-refractivity contribution < 1.29 is 33.2 Å². The first kappa shape index (κ1) is 118. The van der Waals surface area contributed by atoms with E-state index in [1.54, 1.807) is 0 Å². The summed E-state index contributed by atoms with van der Waals surface area (Å²) in [4.78, 5) is 0. The van der Waals surface area contributed by atoms with E-state index in [1.165, 1.54) is 131 Å². The molecule has 0 amide bonds. The third-order valence-corrected chi connectivity index (χ3v) is 24.2. The summed E-state index contributed by atoms with van der Waals surface area (Å²) in [6, 6.07) is 34.4. The third kappa shape index (κ3) is 37.7. The molecule has 0 aliphatic carbocycles. The minimum atomic E-state index is 0.110. The number of aryl methyl sites for hydroxylation is 9. The van der Waals surface area contributed by atoms with E-state index >= 15 is 0 Å². The van der Waals surface area contributed by atoms with Gasteiger partial charge in [0.05, 0.1) is 42.7 Å². The molecule has 0 atom stereocenters. The highest BCUT2D eigenvalue weighted by Crippen LogP contribution is 2.47. The van der Waals surface area contributed by atoms with Crippen LogP contribution in [0.15, 0.2) is 91.0 Å². The summed E-state index contributed by atoms with van der Waals surface area (Å²) in [5.41, 5.74) is 27.9. The molecule has 7 aromatic carbocycles. The van der Waals surface area contributed by atoms with Gasteiger partial charge in [-0.1, -0.05) is 313 Å². The summed E-state index contributed by atoms with van der Waals surface area (Å²) >= 11 is 0. The molecule has 127 heavy (non-hydrogen) atoms. The van der Waals surface area contributed by atoms with Crippen LogP contribution in [0.5, 0.6) is 40.2 Å². The predicted octanol–water partition coefficient (Wildman–Crippen LogP) is 36.6. The molecule has 0 bridgehead atoms. The molecule has 0 unspecified atom stereocenters. The fraction of sp³-hybridized carbons (Fsp3) is 0.650. The molecule has 0 radical (unpaired) electrons. The number of ether oxygens (including phenoxy) is 7. The van der Waals surface area contributed by atoms with Gasteiger partial charge in [0, 0.05) is 16.7 Å². The summed E-state index contributed by atoms with van der Waals surface area (Å²) in [5.74, 6) is 11.8. The van der Waals surface area contributed by atoms with Gasteiger partial charge in [-0.2, -0.15) is 0 Å². The van der Waals surface area contributed by atoms with Crippen molar-refractivity contribution in [3.8, 4) is 40.2 Å². The lowest BCUT2D eigenvalue weighted by atomic mass is 9.72. The molecule has 7 aromatic rings. The van der Waals surface area contributed by atoms with E-state index in [2.05, 4.69) is 423 Å². The number of hydrogen-bond donors (Lipinski definition) is 0. The maximum atomic E-state index is 6.35. The molecule has 7 nitrogen and oxygen atoms in total. The van der Waals surface area contributed by atoms with Crippen LogP contribution in [-0.2, 0) is 67.6 Å². The van der Waals surface area contributed by atoms with E-state index < -0.39 is 0 Å². The van der Waals surface area contributed by atoms with Gasteiger partial charge < -0.3 is 33.2 Å². The Morgan fingerprint density at radius 3 is 0.764 bits per heavy atom. The summed E-state index contributed by atoms with van der Waals surface area (Å²) in [7, 11) is 0. The van der Waals surface area contributed by atoms with Crippen LogP contribution >= 0.6 is 0 Å². The first-order chi connectivity index (χ1) is 59.1. The van der Waals surface area contributed by atoms with Crippen molar-refractivity contribution in [2.45, 2.75) is 516 Å². The highest BCUT2D eigenvalue weighted by atomic mass is 16.5. The van der Waals surface area contributed by atoms with Crippen LogP contribution in [0.25, 0.3) is 0 Å². The van der Waals surface area contributed by atoms with Crippen molar-refractivity contribution in [1.29, 1.82) is 0 Å². The molecule has 0 spiro atoms. The molecule has 0 fully saturated rings. The first-order valence-corrected chi connectivity index (χ1v) is 50.9. The molecular formula is C120H198O7. The van der Waals surface area contributed by atoms with Gasteiger partial charge in [-0.25, -0.2) is 0 Å². The van der Waals surface area contributed by atoms with Gasteiger partial charge in [0.25, 0.3) is 0 Å². The van der Waals surface area contributed by atoms with Gasteiger partial charge in [0.15, 0.2) is 0 Å². The Hall–Kier alpha value is -6.86. The quantitative estimate of drug-likeness (QED) is 0.0388. The maximum Gasteiger partial charge on any atom is 0.126 e. The van der Waals surface area contributed by atoms with Gasteiger partial charge >= 0.3 is 0 Å². The second-order valence-electron chi connectivity index (χ2n) is 41.7. The summed E-state index contributed by atoms with van der Waals surface area (Å²) < 4.78 is 42.6. The molecule has 7 rings (SSSR count). The Bertz CT molecular complexity index is 4240. The summed E-state index contributed by atoms with van der Waals surface area (Å²) in [5, 5.41) is 0. The third-order valence-electron chi connectivity index (χ3n) is 24.2. The van der Waals surface area contributed by atoms with Crippen molar-refractivity contribution in [3.05, 3.63) is 202 Å². The molecule has 720 valence electrons. The van der Waals surface area contributed by atoms with Gasteiger partial charge in [0.2, 0.25) is 0 Å². The highest BCUT2D eigenvalue weighted by Gasteiger charge is 2.34. The lowest BCUT2D eigenvalue weighted by molar-refractivity contribution is 0.227. The Balaban J connectivity index is 0.000000743. The topological polar surface area (TPSA) is 64.6 Å². The maximum absolute atomic E-state index is 6.35.